The first kappa shape index (κ1) is 20.6. The fourth-order valence-electron chi connectivity index (χ4n) is 1.75. The number of carbonyl (C=O) groups is 2. The summed E-state index contributed by atoms with van der Waals surface area (Å²) in [6, 6.07) is 0. The molecule has 1 aliphatic rings. The summed E-state index contributed by atoms with van der Waals surface area (Å²) in [7, 11) is -3.59. The van der Waals surface area contributed by atoms with E-state index in [-0.39, 0.29) is 24.1 Å². The number of anilines is 1. The molecule has 10 nitrogen and oxygen atoms in total. The topological polar surface area (TPSA) is 130 Å². The molecule has 2 rings (SSSR count). The summed E-state index contributed by atoms with van der Waals surface area (Å²) >= 11 is 2.52. The van der Waals surface area contributed by atoms with Gasteiger partial charge in [0.05, 0.1) is 19.5 Å². The van der Waals surface area contributed by atoms with E-state index in [4.69, 9.17) is 14.6 Å². The lowest BCUT2D eigenvalue weighted by Gasteiger charge is -2.28. The van der Waals surface area contributed by atoms with Crippen LogP contribution in [0.25, 0.3) is 0 Å². The van der Waals surface area contributed by atoms with Gasteiger partial charge in [-0.05, 0) is 6.26 Å². The van der Waals surface area contributed by atoms with Crippen LogP contribution in [-0.4, -0.2) is 86.4 Å². The molecule has 0 atom stereocenters. The number of rotatable bonds is 5. The van der Waals surface area contributed by atoms with Crippen molar-refractivity contribution in [3.63, 3.8) is 0 Å². The fraction of sp³-hybridized carbons (Fsp3) is 0.636. The number of morpholine rings is 1. The van der Waals surface area contributed by atoms with Gasteiger partial charge in [0.2, 0.25) is 21.1 Å². The Morgan fingerprint density at radius 2 is 2.04 bits per heavy atom. The third-order valence-electron chi connectivity index (χ3n) is 2.83. The molecule has 0 saturated carbocycles. The largest absolute Gasteiger partial charge is 0.483 e. The van der Waals surface area contributed by atoms with Crippen LogP contribution < -0.4 is 4.31 Å². The predicted octanol–water partition coefficient (Wildman–Crippen LogP) is -0.414. The molecule has 1 aromatic rings. The summed E-state index contributed by atoms with van der Waals surface area (Å²) in [6.45, 7) is 1.38. The molecule has 24 heavy (non-hydrogen) atoms. The Bertz CT molecular complexity index is 644. The number of thioether (sulfide) groups is 1. The van der Waals surface area contributed by atoms with Crippen molar-refractivity contribution < 1.29 is 27.9 Å². The zero-order valence-electron chi connectivity index (χ0n) is 13.1. The van der Waals surface area contributed by atoms with Crippen molar-refractivity contribution in [1.29, 1.82) is 0 Å². The monoisotopic (exact) mass is 398 g/mol. The second-order valence-corrected chi connectivity index (χ2v) is 8.34. The molecule has 0 radical (unpaired) electrons. The first-order valence-electron chi connectivity index (χ1n) is 6.62. The molecule has 13 heteroatoms. The van der Waals surface area contributed by atoms with E-state index < -0.39 is 10.0 Å². The minimum atomic E-state index is -3.59. The van der Waals surface area contributed by atoms with Crippen LogP contribution >= 0.6 is 23.1 Å². The highest BCUT2D eigenvalue weighted by Crippen LogP contribution is 2.27. The second-order valence-electron chi connectivity index (χ2n) is 4.42. The Hall–Kier alpha value is -1.44. The Morgan fingerprint density at radius 3 is 2.50 bits per heavy atom. The fourth-order valence-corrected chi connectivity index (χ4v) is 4.10. The maximum atomic E-state index is 12.2. The summed E-state index contributed by atoms with van der Waals surface area (Å²) < 4.78 is 30.6. The molecule has 0 bridgehead atoms. The Kier molecular flexibility index (Phi) is 8.38. The molecule has 0 spiro atoms. The van der Waals surface area contributed by atoms with E-state index in [2.05, 4.69) is 10.2 Å². The van der Waals surface area contributed by atoms with Crippen LogP contribution in [0.15, 0.2) is 4.34 Å². The van der Waals surface area contributed by atoms with Gasteiger partial charge in [0.15, 0.2) is 4.34 Å². The Balaban J connectivity index is 0.000000891. The van der Waals surface area contributed by atoms with Crippen molar-refractivity contribution in [3.05, 3.63) is 0 Å². The quantitative estimate of drug-likeness (QED) is 0.519. The lowest BCUT2D eigenvalue weighted by molar-refractivity contribution is -0.133. The number of amides is 1. The summed E-state index contributed by atoms with van der Waals surface area (Å²) in [4.78, 5) is 22.2. The van der Waals surface area contributed by atoms with Gasteiger partial charge in [-0.25, -0.2) is 12.7 Å². The molecule has 1 aliphatic heterocycles. The molecule has 1 fully saturated rings. The van der Waals surface area contributed by atoms with E-state index >= 15 is 0 Å². The van der Waals surface area contributed by atoms with Gasteiger partial charge in [0.25, 0.3) is 6.47 Å². The van der Waals surface area contributed by atoms with Gasteiger partial charge in [-0.15, -0.1) is 10.2 Å². The smallest absolute Gasteiger partial charge is 0.290 e. The first-order valence-corrected chi connectivity index (χ1v) is 10.5. The highest BCUT2D eigenvalue weighted by atomic mass is 32.2. The molecule has 2 heterocycles. The van der Waals surface area contributed by atoms with Crippen molar-refractivity contribution in [2.45, 2.75) is 4.34 Å². The van der Waals surface area contributed by atoms with Crippen LogP contribution in [0, 0.1) is 0 Å². The third-order valence-corrected chi connectivity index (χ3v) is 5.97. The SMILES string of the molecule is CSc1nnc(N(CC(=O)N2CCOCC2)S(C)(=O)=O)s1.O=CO. The van der Waals surface area contributed by atoms with Crippen molar-refractivity contribution in [2.24, 2.45) is 0 Å². The number of aromatic nitrogens is 2. The van der Waals surface area contributed by atoms with E-state index in [1.54, 1.807) is 4.90 Å². The zero-order valence-corrected chi connectivity index (χ0v) is 15.6. The van der Waals surface area contributed by atoms with Gasteiger partial charge in [-0.1, -0.05) is 23.1 Å². The normalized spacial score (nSPS) is 14.5. The van der Waals surface area contributed by atoms with Crippen molar-refractivity contribution in [3.8, 4) is 0 Å². The van der Waals surface area contributed by atoms with Crippen LogP contribution in [0.4, 0.5) is 5.13 Å². The molecule has 1 saturated heterocycles. The van der Waals surface area contributed by atoms with E-state index in [1.807, 2.05) is 6.26 Å². The van der Waals surface area contributed by atoms with Crippen molar-refractivity contribution in [1.82, 2.24) is 15.1 Å². The number of nitrogens with zero attached hydrogens (tertiary/aromatic N) is 4. The number of sulfonamides is 1. The lowest BCUT2D eigenvalue weighted by atomic mass is 10.4. The molecule has 0 unspecified atom stereocenters. The van der Waals surface area contributed by atoms with E-state index in [0.717, 1.165) is 21.9 Å². The highest BCUT2D eigenvalue weighted by molar-refractivity contribution is 8.00. The molecule has 1 N–H and O–H groups in total. The summed E-state index contributed by atoms with van der Waals surface area (Å²) in [6.07, 6.45) is 2.88. The molecule has 1 aromatic heterocycles. The van der Waals surface area contributed by atoms with Crippen LogP contribution in [0.5, 0.6) is 0 Å². The Morgan fingerprint density at radius 1 is 1.46 bits per heavy atom. The van der Waals surface area contributed by atoms with Crippen LogP contribution in [0.3, 0.4) is 0 Å². The van der Waals surface area contributed by atoms with Gasteiger partial charge in [-0.3, -0.25) is 9.59 Å². The number of carbonyl (C=O) groups excluding carboxylic acids is 1. The van der Waals surface area contributed by atoms with Gasteiger partial charge >= 0.3 is 0 Å². The number of carboxylic acid groups (broad SMARTS) is 1. The van der Waals surface area contributed by atoms with Crippen molar-refractivity contribution in [2.75, 3.05) is 49.7 Å². The first-order chi connectivity index (χ1) is 11.3. The number of hydrogen-bond acceptors (Lipinski definition) is 9. The average Bonchev–Trinajstić information content (AvgIpc) is 3.01. The Labute approximate surface area is 147 Å². The minimum Gasteiger partial charge on any atom is -0.483 e. The van der Waals surface area contributed by atoms with Crippen LogP contribution in [0.2, 0.25) is 0 Å². The standard InChI is InChI=1S/C10H16N4O4S3.CH2O2/c1-19-10-12-11-9(20-10)14(21(2,16)17)7-8(15)13-3-5-18-6-4-13;2-1-3/h3-7H2,1-2H3;1H,(H,2,3). The zero-order chi connectivity index (χ0) is 18.2. The lowest BCUT2D eigenvalue weighted by Crippen LogP contribution is -2.47. The van der Waals surface area contributed by atoms with E-state index in [1.165, 1.54) is 11.8 Å². The molecular weight excluding hydrogens is 380 g/mol. The molecule has 0 aromatic carbocycles. The molecule has 136 valence electrons. The van der Waals surface area contributed by atoms with Gasteiger partial charge in [0.1, 0.15) is 6.54 Å². The molecular formula is C11H18N4O6S3. The third kappa shape index (κ3) is 6.22. The van der Waals surface area contributed by atoms with Crippen LogP contribution in [-0.2, 0) is 24.3 Å². The number of ether oxygens (including phenoxy) is 1. The van der Waals surface area contributed by atoms with Gasteiger partial charge in [0, 0.05) is 13.1 Å². The summed E-state index contributed by atoms with van der Waals surface area (Å²) in [5.41, 5.74) is 0. The van der Waals surface area contributed by atoms with Gasteiger partial charge in [-0.2, -0.15) is 0 Å². The average molecular weight is 398 g/mol. The summed E-state index contributed by atoms with van der Waals surface area (Å²) in [5, 5.41) is 14.8. The second kappa shape index (κ2) is 9.76. The van der Waals surface area contributed by atoms with E-state index in [9.17, 15) is 13.2 Å². The van der Waals surface area contributed by atoms with Crippen molar-refractivity contribution >= 4 is 50.6 Å². The maximum Gasteiger partial charge on any atom is 0.290 e. The number of hydrogen-bond donors (Lipinski definition) is 1. The van der Waals surface area contributed by atoms with E-state index in [0.29, 0.717) is 30.6 Å². The predicted molar refractivity (Wildman–Crippen MR) is 90.0 cm³/mol. The minimum absolute atomic E-state index is 0.212. The highest BCUT2D eigenvalue weighted by Gasteiger charge is 2.27. The molecule has 1 amide bonds. The maximum absolute atomic E-state index is 12.2. The molecule has 0 aliphatic carbocycles. The summed E-state index contributed by atoms with van der Waals surface area (Å²) in [5.74, 6) is -0.260. The van der Waals surface area contributed by atoms with Gasteiger partial charge < -0.3 is 14.7 Å². The van der Waals surface area contributed by atoms with Crippen LogP contribution in [0.1, 0.15) is 0 Å².